The standard InChI is InChI=1S/C18H24ClN5O.ClH/c1-12(14-4-6-15(19)7-5-14)23(3)18(25)17-13(2)24(22-21-17)16-8-10-20-11-9-16;/h4-7,12,16,20H,8-11H2,1-3H3;1H. The van der Waals surface area contributed by atoms with Gasteiger partial charge in [0.05, 0.1) is 17.8 Å². The minimum atomic E-state index is -0.111. The van der Waals surface area contributed by atoms with Crippen LogP contribution in [0.2, 0.25) is 5.02 Å². The smallest absolute Gasteiger partial charge is 0.276 e. The molecule has 1 aromatic carbocycles. The maximum atomic E-state index is 12.9. The lowest BCUT2D eigenvalue weighted by Crippen LogP contribution is -2.31. The summed E-state index contributed by atoms with van der Waals surface area (Å²) in [7, 11) is 1.80. The first-order valence-corrected chi connectivity index (χ1v) is 9.02. The third-order valence-electron chi connectivity index (χ3n) is 5.04. The molecule has 8 heteroatoms. The van der Waals surface area contributed by atoms with E-state index in [1.807, 2.05) is 42.8 Å². The normalized spacial score (nSPS) is 16.0. The molecule has 0 saturated carbocycles. The molecule has 1 aromatic heterocycles. The molecule has 1 aliphatic heterocycles. The topological polar surface area (TPSA) is 63.1 Å². The minimum Gasteiger partial charge on any atom is -0.333 e. The summed E-state index contributed by atoms with van der Waals surface area (Å²) in [6.45, 7) is 5.87. The molecule has 1 N–H and O–H groups in total. The molecule has 1 atom stereocenters. The van der Waals surface area contributed by atoms with E-state index in [0.29, 0.717) is 16.8 Å². The number of hydrogen-bond acceptors (Lipinski definition) is 4. The molecule has 0 radical (unpaired) electrons. The predicted molar refractivity (Wildman–Crippen MR) is 105 cm³/mol. The van der Waals surface area contributed by atoms with Crippen LogP contribution in [-0.4, -0.2) is 45.9 Å². The summed E-state index contributed by atoms with van der Waals surface area (Å²) >= 11 is 5.95. The van der Waals surface area contributed by atoms with Crippen molar-refractivity contribution in [1.82, 2.24) is 25.2 Å². The number of piperidine rings is 1. The van der Waals surface area contributed by atoms with E-state index in [0.717, 1.165) is 37.2 Å². The molecule has 1 saturated heterocycles. The average molecular weight is 398 g/mol. The fourth-order valence-corrected chi connectivity index (χ4v) is 3.37. The second kappa shape index (κ2) is 8.84. The van der Waals surface area contributed by atoms with E-state index < -0.39 is 0 Å². The minimum absolute atomic E-state index is 0. The van der Waals surface area contributed by atoms with Crippen LogP contribution >= 0.6 is 24.0 Å². The van der Waals surface area contributed by atoms with Crippen molar-refractivity contribution in [1.29, 1.82) is 0 Å². The summed E-state index contributed by atoms with van der Waals surface area (Å²) in [6, 6.07) is 7.79. The lowest BCUT2D eigenvalue weighted by molar-refractivity contribution is 0.0735. The van der Waals surface area contributed by atoms with E-state index in [1.165, 1.54) is 0 Å². The van der Waals surface area contributed by atoms with Gasteiger partial charge in [-0.25, -0.2) is 4.68 Å². The molecule has 1 amide bonds. The summed E-state index contributed by atoms with van der Waals surface area (Å²) in [5.41, 5.74) is 2.30. The van der Waals surface area contributed by atoms with Crippen LogP contribution in [0.15, 0.2) is 24.3 Å². The Balaban J connectivity index is 0.00000243. The van der Waals surface area contributed by atoms with Gasteiger partial charge in [-0.3, -0.25) is 4.79 Å². The van der Waals surface area contributed by atoms with Crippen LogP contribution in [0.5, 0.6) is 0 Å². The Bertz CT molecular complexity index is 741. The van der Waals surface area contributed by atoms with Gasteiger partial charge in [-0.05, 0) is 57.5 Å². The lowest BCUT2D eigenvalue weighted by atomic mass is 10.1. The Morgan fingerprint density at radius 1 is 1.31 bits per heavy atom. The molecular weight excluding hydrogens is 373 g/mol. The number of nitrogens with one attached hydrogen (secondary N) is 1. The summed E-state index contributed by atoms with van der Waals surface area (Å²) < 4.78 is 1.91. The Morgan fingerprint density at radius 3 is 2.54 bits per heavy atom. The fourth-order valence-electron chi connectivity index (χ4n) is 3.24. The zero-order valence-corrected chi connectivity index (χ0v) is 16.8. The molecule has 2 heterocycles. The number of nitrogens with zero attached hydrogens (tertiary/aromatic N) is 4. The lowest BCUT2D eigenvalue weighted by Gasteiger charge is -2.25. The zero-order chi connectivity index (χ0) is 18.0. The molecule has 1 unspecified atom stereocenters. The van der Waals surface area contributed by atoms with E-state index in [9.17, 15) is 4.79 Å². The van der Waals surface area contributed by atoms with Crippen LogP contribution in [-0.2, 0) is 0 Å². The number of carbonyl (C=O) groups excluding carboxylic acids is 1. The van der Waals surface area contributed by atoms with Gasteiger partial charge in [0.15, 0.2) is 5.69 Å². The number of rotatable bonds is 4. The number of benzene rings is 1. The highest BCUT2D eigenvalue weighted by molar-refractivity contribution is 6.30. The molecule has 1 fully saturated rings. The van der Waals surface area contributed by atoms with Crippen molar-refractivity contribution in [2.24, 2.45) is 0 Å². The van der Waals surface area contributed by atoms with Crippen molar-refractivity contribution in [3.8, 4) is 0 Å². The number of amides is 1. The van der Waals surface area contributed by atoms with Crippen LogP contribution in [0, 0.1) is 6.92 Å². The van der Waals surface area contributed by atoms with Gasteiger partial charge >= 0.3 is 0 Å². The summed E-state index contributed by atoms with van der Waals surface area (Å²) in [5, 5.41) is 12.5. The molecule has 6 nitrogen and oxygen atoms in total. The maximum Gasteiger partial charge on any atom is 0.276 e. The number of halogens is 2. The summed E-state index contributed by atoms with van der Waals surface area (Å²) in [5.74, 6) is -0.111. The van der Waals surface area contributed by atoms with Crippen molar-refractivity contribution >= 4 is 29.9 Å². The van der Waals surface area contributed by atoms with Gasteiger partial charge in [-0.2, -0.15) is 0 Å². The third-order valence-corrected chi connectivity index (χ3v) is 5.29. The van der Waals surface area contributed by atoms with Gasteiger partial charge in [0.1, 0.15) is 0 Å². The summed E-state index contributed by atoms with van der Waals surface area (Å²) in [6.07, 6.45) is 2.02. The number of hydrogen-bond donors (Lipinski definition) is 1. The highest BCUT2D eigenvalue weighted by Crippen LogP contribution is 2.24. The number of aromatic nitrogens is 3. The zero-order valence-electron chi connectivity index (χ0n) is 15.3. The van der Waals surface area contributed by atoms with Crippen LogP contribution in [0.3, 0.4) is 0 Å². The number of carbonyl (C=O) groups is 1. The van der Waals surface area contributed by atoms with Crippen molar-refractivity contribution in [3.05, 3.63) is 46.2 Å². The van der Waals surface area contributed by atoms with E-state index in [-0.39, 0.29) is 24.4 Å². The quantitative estimate of drug-likeness (QED) is 0.857. The highest BCUT2D eigenvalue weighted by Gasteiger charge is 2.26. The van der Waals surface area contributed by atoms with Crippen molar-refractivity contribution in [3.63, 3.8) is 0 Å². The molecule has 3 rings (SSSR count). The van der Waals surface area contributed by atoms with Crippen LogP contribution < -0.4 is 5.32 Å². The maximum absolute atomic E-state index is 12.9. The first-order valence-electron chi connectivity index (χ1n) is 8.64. The van der Waals surface area contributed by atoms with Crippen LogP contribution in [0.4, 0.5) is 0 Å². The van der Waals surface area contributed by atoms with E-state index in [1.54, 1.807) is 11.9 Å². The SMILES string of the molecule is Cc1c(C(=O)N(C)C(C)c2ccc(Cl)cc2)nnn1C1CCNCC1.Cl. The highest BCUT2D eigenvalue weighted by atomic mass is 35.5. The first-order chi connectivity index (χ1) is 12.0. The summed E-state index contributed by atoms with van der Waals surface area (Å²) in [4.78, 5) is 14.6. The molecule has 0 spiro atoms. The molecule has 0 bridgehead atoms. The van der Waals surface area contributed by atoms with Crippen molar-refractivity contribution < 1.29 is 4.79 Å². The van der Waals surface area contributed by atoms with Gasteiger partial charge in [0, 0.05) is 12.1 Å². The Hall–Kier alpha value is -1.63. The van der Waals surface area contributed by atoms with Gasteiger partial charge in [0.25, 0.3) is 5.91 Å². The molecule has 2 aromatic rings. The Morgan fingerprint density at radius 2 is 1.92 bits per heavy atom. The first kappa shape index (κ1) is 20.7. The van der Waals surface area contributed by atoms with Crippen LogP contribution in [0.1, 0.15) is 53.6 Å². The monoisotopic (exact) mass is 397 g/mol. The predicted octanol–water partition coefficient (Wildman–Crippen LogP) is 3.42. The second-order valence-corrected chi connectivity index (χ2v) is 7.03. The van der Waals surface area contributed by atoms with E-state index in [4.69, 9.17) is 11.6 Å². The van der Waals surface area contributed by atoms with E-state index in [2.05, 4.69) is 15.6 Å². The van der Waals surface area contributed by atoms with Gasteiger partial charge in [0.2, 0.25) is 0 Å². The molecule has 1 aliphatic rings. The van der Waals surface area contributed by atoms with Crippen molar-refractivity contribution in [2.45, 2.75) is 38.8 Å². The molecule has 0 aliphatic carbocycles. The van der Waals surface area contributed by atoms with Gasteiger partial charge in [-0.15, -0.1) is 17.5 Å². The van der Waals surface area contributed by atoms with Crippen molar-refractivity contribution in [2.75, 3.05) is 20.1 Å². The Labute approximate surface area is 165 Å². The third kappa shape index (κ3) is 4.19. The molecule has 142 valence electrons. The van der Waals surface area contributed by atoms with Gasteiger partial charge < -0.3 is 10.2 Å². The molecule has 26 heavy (non-hydrogen) atoms. The van der Waals surface area contributed by atoms with Gasteiger partial charge in [-0.1, -0.05) is 28.9 Å². The Kier molecular flexibility index (Phi) is 7.03. The largest absolute Gasteiger partial charge is 0.333 e. The second-order valence-electron chi connectivity index (χ2n) is 6.59. The van der Waals surface area contributed by atoms with Crippen LogP contribution in [0.25, 0.3) is 0 Å². The average Bonchev–Trinajstić information content (AvgIpc) is 3.02. The fraction of sp³-hybridized carbons (Fsp3) is 0.500. The van der Waals surface area contributed by atoms with E-state index >= 15 is 0 Å². The molecular formula is C18H25Cl2N5O.